The van der Waals surface area contributed by atoms with E-state index in [-0.39, 0.29) is 0 Å². The fourth-order valence-electron chi connectivity index (χ4n) is 5.81. The number of piperidine rings is 1. The summed E-state index contributed by atoms with van der Waals surface area (Å²) < 4.78 is 11.1. The van der Waals surface area contributed by atoms with Crippen LogP contribution < -0.4 is 15.0 Å². The Hall–Kier alpha value is -2.74. The number of benzene rings is 2. The molecule has 3 aliphatic rings. The van der Waals surface area contributed by atoms with Crippen LogP contribution in [-0.4, -0.2) is 74.5 Å². The zero-order valence-corrected chi connectivity index (χ0v) is 22.0. The number of aromatic nitrogens is 2. The van der Waals surface area contributed by atoms with Gasteiger partial charge in [0.1, 0.15) is 17.4 Å². The molecule has 1 aliphatic carbocycles. The van der Waals surface area contributed by atoms with Gasteiger partial charge in [0.05, 0.1) is 25.8 Å². The van der Waals surface area contributed by atoms with Gasteiger partial charge < -0.3 is 19.7 Å². The van der Waals surface area contributed by atoms with E-state index in [1.807, 2.05) is 0 Å². The lowest BCUT2D eigenvalue weighted by molar-refractivity contribution is 0.0384. The average molecular weight is 502 g/mol. The van der Waals surface area contributed by atoms with E-state index in [0.29, 0.717) is 11.8 Å². The van der Waals surface area contributed by atoms with Crippen LogP contribution in [0.1, 0.15) is 54.5 Å². The number of morpholine rings is 1. The Morgan fingerprint density at radius 1 is 0.919 bits per heavy atom. The first-order valence-electron chi connectivity index (χ1n) is 14.0. The molecule has 6 rings (SSSR count). The number of nitrogens with zero attached hydrogens (tertiary/aromatic N) is 4. The Labute approximate surface area is 220 Å². The van der Waals surface area contributed by atoms with E-state index in [1.165, 1.54) is 29.4 Å². The van der Waals surface area contributed by atoms with Crippen molar-refractivity contribution in [2.24, 2.45) is 0 Å². The van der Waals surface area contributed by atoms with Crippen LogP contribution in [0.4, 0.5) is 5.82 Å². The molecule has 0 radical (unpaired) electrons. The molecule has 0 bridgehead atoms. The van der Waals surface area contributed by atoms with Crippen molar-refractivity contribution in [3.05, 3.63) is 59.4 Å². The van der Waals surface area contributed by atoms with Crippen molar-refractivity contribution >= 4 is 16.7 Å². The summed E-state index contributed by atoms with van der Waals surface area (Å²) in [5, 5.41) is 4.86. The third kappa shape index (κ3) is 5.59. The maximum absolute atomic E-state index is 5.66. The van der Waals surface area contributed by atoms with Crippen LogP contribution >= 0.6 is 0 Å². The fourth-order valence-corrected chi connectivity index (χ4v) is 5.81. The van der Waals surface area contributed by atoms with Gasteiger partial charge in [0.25, 0.3) is 0 Å². The van der Waals surface area contributed by atoms with Crippen molar-refractivity contribution < 1.29 is 9.47 Å². The first kappa shape index (κ1) is 24.6. The highest BCUT2D eigenvalue weighted by atomic mass is 16.5. The standard InChI is InChI=1S/C30H39N5O2/c1-36-27-8-3-2-6-25(27)22-11-14-35(15-12-22)30-26-7-4-5-24(28(26)32-29(33-30)23-9-10-23)21-31-13-16-34-17-19-37-20-18-34/h2-8,22-23,31H,9-21H2,1H3. The van der Waals surface area contributed by atoms with Gasteiger partial charge in [0.15, 0.2) is 0 Å². The predicted octanol–water partition coefficient (Wildman–Crippen LogP) is 4.32. The summed E-state index contributed by atoms with van der Waals surface area (Å²) in [5.41, 5.74) is 3.73. The highest BCUT2D eigenvalue weighted by molar-refractivity contribution is 5.92. The lowest BCUT2D eigenvalue weighted by Gasteiger charge is -2.34. The zero-order chi connectivity index (χ0) is 25.0. The number of para-hydroxylation sites is 2. The first-order chi connectivity index (χ1) is 18.3. The number of rotatable bonds is 9. The van der Waals surface area contributed by atoms with E-state index in [0.717, 1.165) is 94.8 Å². The molecule has 3 aromatic rings. The molecular formula is C30H39N5O2. The van der Waals surface area contributed by atoms with Crippen molar-refractivity contribution in [3.8, 4) is 5.75 Å². The molecule has 196 valence electrons. The number of ether oxygens (including phenoxy) is 2. The molecule has 1 saturated carbocycles. The van der Waals surface area contributed by atoms with Gasteiger partial charge in [0.2, 0.25) is 0 Å². The molecular weight excluding hydrogens is 462 g/mol. The van der Waals surface area contributed by atoms with Gasteiger partial charge in [-0.15, -0.1) is 0 Å². The molecule has 2 saturated heterocycles. The monoisotopic (exact) mass is 501 g/mol. The first-order valence-corrected chi connectivity index (χ1v) is 14.0. The summed E-state index contributed by atoms with van der Waals surface area (Å²) >= 11 is 0. The van der Waals surface area contributed by atoms with Crippen LogP contribution in [0.25, 0.3) is 10.9 Å². The number of hydrogen-bond donors (Lipinski definition) is 1. The van der Waals surface area contributed by atoms with E-state index in [2.05, 4.69) is 57.6 Å². The molecule has 7 heteroatoms. The second kappa shape index (κ2) is 11.3. The molecule has 0 spiro atoms. The van der Waals surface area contributed by atoms with E-state index < -0.39 is 0 Å². The molecule has 2 aliphatic heterocycles. The molecule has 2 aromatic carbocycles. The summed E-state index contributed by atoms with van der Waals surface area (Å²) in [6.07, 6.45) is 4.63. The normalized spacial score (nSPS) is 19.4. The molecule has 0 unspecified atom stereocenters. The maximum Gasteiger partial charge on any atom is 0.140 e. The van der Waals surface area contributed by atoms with Gasteiger partial charge in [-0.2, -0.15) is 0 Å². The third-order valence-corrected chi connectivity index (χ3v) is 8.15. The van der Waals surface area contributed by atoms with Crippen molar-refractivity contribution in [2.45, 2.75) is 44.1 Å². The van der Waals surface area contributed by atoms with Crippen LogP contribution in [0.2, 0.25) is 0 Å². The highest BCUT2D eigenvalue weighted by Crippen LogP contribution is 2.41. The van der Waals surface area contributed by atoms with E-state index >= 15 is 0 Å². The minimum absolute atomic E-state index is 0.523. The second-order valence-electron chi connectivity index (χ2n) is 10.6. The molecule has 3 heterocycles. The van der Waals surface area contributed by atoms with Crippen molar-refractivity contribution in [1.29, 1.82) is 0 Å². The van der Waals surface area contributed by atoms with Gasteiger partial charge in [-0.3, -0.25) is 4.90 Å². The van der Waals surface area contributed by atoms with Crippen LogP contribution in [0.15, 0.2) is 42.5 Å². The number of nitrogens with one attached hydrogen (secondary N) is 1. The largest absolute Gasteiger partial charge is 0.496 e. The molecule has 7 nitrogen and oxygen atoms in total. The summed E-state index contributed by atoms with van der Waals surface area (Å²) in [6, 6.07) is 15.1. The van der Waals surface area contributed by atoms with Gasteiger partial charge in [-0.05, 0) is 54.9 Å². The van der Waals surface area contributed by atoms with Crippen molar-refractivity contribution in [1.82, 2.24) is 20.2 Å². The fraction of sp³-hybridized carbons (Fsp3) is 0.533. The van der Waals surface area contributed by atoms with Gasteiger partial charge in [-0.1, -0.05) is 30.3 Å². The Morgan fingerprint density at radius 3 is 2.51 bits per heavy atom. The Bertz CT molecular complexity index is 1200. The summed E-state index contributed by atoms with van der Waals surface area (Å²) in [6.45, 7) is 8.63. The Kier molecular flexibility index (Phi) is 7.53. The highest BCUT2D eigenvalue weighted by Gasteiger charge is 2.30. The molecule has 0 atom stereocenters. The summed E-state index contributed by atoms with van der Waals surface area (Å²) in [7, 11) is 1.77. The molecule has 3 fully saturated rings. The lowest BCUT2D eigenvalue weighted by Crippen LogP contribution is -2.40. The minimum Gasteiger partial charge on any atom is -0.496 e. The van der Waals surface area contributed by atoms with Crippen molar-refractivity contribution in [3.63, 3.8) is 0 Å². The van der Waals surface area contributed by atoms with Crippen LogP contribution in [0.5, 0.6) is 5.75 Å². The number of anilines is 1. The number of methoxy groups -OCH3 is 1. The summed E-state index contributed by atoms with van der Waals surface area (Å²) in [5.74, 6) is 4.22. The zero-order valence-electron chi connectivity index (χ0n) is 22.0. The third-order valence-electron chi connectivity index (χ3n) is 8.15. The topological polar surface area (TPSA) is 62.8 Å². The average Bonchev–Trinajstić information content (AvgIpc) is 3.81. The lowest BCUT2D eigenvalue weighted by atomic mass is 9.88. The predicted molar refractivity (Wildman–Crippen MR) is 148 cm³/mol. The Morgan fingerprint density at radius 2 is 1.73 bits per heavy atom. The second-order valence-corrected chi connectivity index (χ2v) is 10.6. The van der Waals surface area contributed by atoms with Crippen LogP contribution in [0, 0.1) is 0 Å². The Balaban J connectivity index is 1.19. The smallest absolute Gasteiger partial charge is 0.140 e. The minimum atomic E-state index is 0.523. The quantitative estimate of drug-likeness (QED) is 0.438. The maximum atomic E-state index is 5.66. The van der Waals surface area contributed by atoms with Crippen LogP contribution in [-0.2, 0) is 11.3 Å². The van der Waals surface area contributed by atoms with Gasteiger partial charge >= 0.3 is 0 Å². The van der Waals surface area contributed by atoms with Gasteiger partial charge in [-0.25, -0.2) is 9.97 Å². The molecule has 37 heavy (non-hydrogen) atoms. The molecule has 0 amide bonds. The SMILES string of the molecule is COc1ccccc1C1CCN(c2nc(C3CC3)nc3c(CNCCN4CCOCC4)cccc23)CC1. The molecule has 1 aromatic heterocycles. The van der Waals surface area contributed by atoms with E-state index in [9.17, 15) is 0 Å². The van der Waals surface area contributed by atoms with E-state index in [4.69, 9.17) is 19.4 Å². The summed E-state index contributed by atoms with van der Waals surface area (Å²) in [4.78, 5) is 15.3. The van der Waals surface area contributed by atoms with Gasteiger partial charge in [0, 0.05) is 57.1 Å². The van der Waals surface area contributed by atoms with Crippen molar-refractivity contribution in [2.75, 3.05) is 64.5 Å². The molecule has 1 N–H and O–H groups in total. The van der Waals surface area contributed by atoms with Crippen LogP contribution in [0.3, 0.4) is 0 Å². The van der Waals surface area contributed by atoms with E-state index in [1.54, 1.807) is 7.11 Å². The number of hydrogen-bond acceptors (Lipinski definition) is 7. The number of fused-ring (bicyclic) bond motifs is 1.